The Morgan fingerprint density at radius 1 is 1.04 bits per heavy atom. The first kappa shape index (κ1) is 19.2. The van der Waals surface area contributed by atoms with Gasteiger partial charge in [0, 0.05) is 50.9 Å². The zero-order valence-corrected chi connectivity index (χ0v) is 16.8. The van der Waals surface area contributed by atoms with Crippen LogP contribution in [-0.4, -0.2) is 67.4 Å². The third-order valence-corrected chi connectivity index (χ3v) is 5.69. The SMILES string of the molecule is CC1CCN(c2nc(NCCN3CCOCC3)cc(-c3ccccc3)n2)CC1. The van der Waals surface area contributed by atoms with Crippen LogP contribution in [0.2, 0.25) is 0 Å². The number of hydrogen-bond acceptors (Lipinski definition) is 6. The van der Waals surface area contributed by atoms with E-state index in [1.807, 2.05) is 6.07 Å². The molecule has 0 amide bonds. The zero-order chi connectivity index (χ0) is 19.2. The molecule has 6 nitrogen and oxygen atoms in total. The van der Waals surface area contributed by atoms with Gasteiger partial charge in [0.25, 0.3) is 0 Å². The normalized spacial score (nSPS) is 19.0. The Labute approximate surface area is 167 Å². The predicted octanol–water partition coefficient (Wildman–Crippen LogP) is 3.12. The van der Waals surface area contributed by atoms with E-state index in [1.165, 1.54) is 12.8 Å². The van der Waals surface area contributed by atoms with Gasteiger partial charge in [0.05, 0.1) is 18.9 Å². The average molecular weight is 382 g/mol. The van der Waals surface area contributed by atoms with Crippen LogP contribution in [0.1, 0.15) is 19.8 Å². The van der Waals surface area contributed by atoms with Crippen LogP contribution in [0, 0.1) is 5.92 Å². The highest BCUT2D eigenvalue weighted by Crippen LogP contribution is 2.25. The van der Waals surface area contributed by atoms with E-state index in [-0.39, 0.29) is 0 Å². The number of nitrogens with zero attached hydrogens (tertiary/aromatic N) is 4. The molecule has 2 aliphatic heterocycles. The number of ether oxygens (including phenoxy) is 1. The fraction of sp³-hybridized carbons (Fsp3) is 0.545. The van der Waals surface area contributed by atoms with E-state index >= 15 is 0 Å². The molecule has 2 aliphatic rings. The minimum Gasteiger partial charge on any atom is -0.379 e. The van der Waals surface area contributed by atoms with E-state index < -0.39 is 0 Å². The van der Waals surface area contributed by atoms with Crippen molar-refractivity contribution in [2.24, 2.45) is 5.92 Å². The second kappa shape index (κ2) is 9.34. The van der Waals surface area contributed by atoms with E-state index in [0.717, 1.165) is 81.4 Å². The number of piperidine rings is 1. The third kappa shape index (κ3) is 5.00. The number of anilines is 2. The molecule has 4 rings (SSSR count). The molecule has 28 heavy (non-hydrogen) atoms. The first-order valence-corrected chi connectivity index (χ1v) is 10.5. The van der Waals surface area contributed by atoms with Crippen LogP contribution < -0.4 is 10.2 Å². The van der Waals surface area contributed by atoms with Crippen molar-refractivity contribution >= 4 is 11.8 Å². The van der Waals surface area contributed by atoms with Gasteiger partial charge in [-0.2, -0.15) is 4.98 Å². The van der Waals surface area contributed by atoms with E-state index in [2.05, 4.69) is 52.4 Å². The first-order valence-electron chi connectivity index (χ1n) is 10.5. The summed E-state index contributed by atoms with van der Waals surface area (Å²) in [6, 6.07) is 12.5. The Hall–Kier alpha value is -2.18. The quantitative estimate of drug-likeness (QED) is 0.830. The molecular weight excluding hydrogens is 350 g/mol. The third-order valence-electron chi connectivity index (χ3n) is 5.69. The topological polar surface area (TPSA) is 53.5 Å². The number of aromatic nitrogens is 2. The lowest BCUT2D eigenvalue weighted by molar-refractivity contribution is 0.0398. The fourth-order valence-electron chi connectivity index (χ4n) is 3.80. The van der Waals surface area contributed by atoms with Crippen LogP contribution in [0.25, 0.3) is 11.3 Å². The molecule has 0 aliphatic carbocycles. The van der Waals surface area contributed by atoms with Crippen molar-refractivity contribution in [2.75, 3.05) is 62.7 Å². The van der Waals surface area contributed by atoms with E-state index in [9.17, 15) is 0 Å². The molecule has 0 saturated carbocycles. The second-order valence-electron chi connectivity index (χ2n) is 7.85. The van der Waals surface area contributed by atoms with Crippen molar-refractivity contribution in [1.29, 1.82) is 0 Å². The van der Waals surface area contributed by atoms with Gasteiger partial charge in [-0.25, -0.2) is 4.98 Å². The zero-order valence-electron chi connectivity index (χ0n) is 16.8. The Bertz CT molecular complexity index is 740. The molecule has 0 unspecified atom stereocenters. The molecule has 1 aromatic heterocycles. The molecule has 1 N–H and O–H groups in total. The molecule has 0 bridgehead atoms. The van der Waals surface area contributed by atoms with Gasteiger partial charge in [-0.15, -0.1) is 0 Å². The summed E-state index contributed by atoms with van der Waals surface area (Å²) in [5.74, 6) is 2.55. The molecule has 3 heterocycles. The van der Waals surface area contributed by atoms with Crippen LogP contribution >= 0.6 is 0 Å². The van der Waals surface area contributed by atoms with Crippen molar-refractivity contribution in [1.82, 2.24) is 14.9 Å². The number of rotatable bonds is 6. The number of hydrogen-bond donors (Lipinski definition) is 1. The Morgan fingerprint density at radius 3 is 2.54 bits per heavy atom. The maximum atomic E-state index is 5.43. The summed E-state index contributed by atoms with van der Waals surface area (Å²) in [5, 5.41) is 3.53. The van der Waals surface area contributed by atoms with Gasteiger partial charge in [0.1, 0.15) is 5.82 Å². The van der Waals surface area contributed by atoms with Gasteiger partial charge in [0.2, 0.25) is 5.95 Å². The van der Waals surface area contributed by atoms with Gasteiger partial charge >= 0.3 is 0 Å². The van der Waals surface area contributed by atoms with Gasteiger partial charge in [-0.05, 0) is 18.8 Å². The Balaban J connectivity index is 1.50. The fourth-order valence-corrected chi connectivity index (χ4v) is 3.80. The number of nitrogens with one attached hydrogen (secondary N) is 1. The summed E-state index contributed by atoms with van der Waals surface area (Å²) in [4.78, 5) is 14.5. The average Bonchev–Trinajstić information content (AvgIpc) is 2.75. The van der Waals surface area contributed by atoms with Crippen LogP contribution in [0.5, 0.6) is 0 Å². The lowest BCUT2D eigenvalue weighted by Crippen LogP contribution is -2.39. The number of morpholine rings is 1. The van der Waals surface area contributed by atoms with Crippen LogP contribution in [0.15, 0.2) is 36.4 Å². The molecule has 0 atom stereocenters. The maximum absolute atomic E-state index is 5.43. The summed E-state index contributed by atoms with van der Waals surface area (Å²) >= 11 is 0. The molecular formula is C22H31N5O. The van der Waals surface area contributed by atoms with Crippen molar-refractivity contribution in [3.63, 3.8) is 0 Å². The molecule has 1 aromatic carbocycles. The van der Waals surface area contributed by atoms with Gasteiger partial charge < -0.3 is 15.0 Å². The molecule has 2 fully saturated rings. The largest absolute Gasteiger partial charge is 0.379 e. The first-order chi connectivity index (χ1) is 13.8. The van der Waals surface area contributed by atoms with Crippen LogP contribution in [-0.2, 0) is 4.74 Å². The van der Waals surface area contributed by atoms with E-state index in [0.29, 0.717) is 0 Å². The van der Waals surface area contributed by atoms with Crippen molar-refractivity contribution in [3.8, 4) is 11.3 Å². The van der Waals surface area contributed by atoms with Gasteiger partial charge in [0.15, 0.2) is 0 Å². The standard InChI is InChI=1S/C22H31N5O/c1-18-7-10-27(11-8-18)22-24-20(19-5-3-2-4-6-19)17-21(25-22)23-9-12-26-13-15-28-16-14-26/h2-6,17-18H,7-16H2,1H3,(H,23,24,25). The van der Waals surface area contributed by atoms with Crippen LogP contribution in [0.4, 0.5) is 11.8 Å². The minimum atomic E-state index is 0.791. The predicted molar refractivity (Wildman–Crippen MR) is 114 cm³/mol. The van der Waals surface area contributed by atoms with Gasteiger partial charge in [-0.1, -0.05) is 37.3 Å². The smallest absolute Gasteiger partial charge is 0.227 e. The summed E-state index contributed by atoms with van der Waals surface area (Å²) in [7, 11) is 0. The highest BCUT2D eigenvalue weighted by molar-refractivity contribution is 5.64. The van der Waals surface area contributed by atoms with E-state index in [1.54, 1.807) is 0 Å². The van der Waals surface area contributed by atoms with Crippen molar-refractivity contribution in [2.45, 2.75) is 19.8 Å². The van der Waals surface area contributed by atoms with Crippen molar-refractivity contribution in [3.05, 3.63) is 36.4 Å². The molecule has 2 saturated heterocycles. The maximum Gasteiger partial charge on any atom is 0.227 e. The van der Waals surface area contributed by atoms with E-state index in [4.69, 9.17) is 14.7 Å². The minimum absolute atomic E-state index is 0.791. The summed E-state index contributed by atoms with van der Waals surface area (Å²) in [6.07, 6.45) is 2.41. The summed E-state index contributed by atoms with van der Waals surface area (Å²) < 4.78 is 5.43. The van der Waals surface area contributed by atoms with Crippen LogP contribution in [0.3, 0.4) is 0 Å². The monoisotopic (exact) mass is 381 g/mol. The Morgan fingerprint density at radius 2 is 1.79 bits per heavy atom. The lowest BCUT2D eigenvalue weighted by atomic mass is 10.00. The molecule has 0 radical (unpaired) electrons. The lowest BCUT2D eigenvalue weighted by Gasteiger charge is -2.30. The molecule has 0 spiro atoms. The van der Waals surface area contributed by atoms with Gasteiger partial charge in [-0.3, -0.25) is 4.90 Å². The molecule has 150 valence electrons. The molecule has 6 heteroatoms. The number of benzene rings is 1. The summed E-state index contributed by atoms with van der Waals surface area (Å²) in [6.45, 7) is 9.98. The molecule has 2 aromatic rings. The van der Waals surface area contributed by atoms with Crippen molar-refractivity contribution < 1.29 is 4.74 Å². The summed E-state index contributed by atoms with van der Waals surface area (Å²) in [5.41, 5.74) is 2.12. The highest BCUT2D eigenvalue weighted by Gasteiger charge is 2.19. The highest BCUT2D eigenvalue weighted by atomic mass is 16.5. The Kier molecular flexibility index (Phi) is 6.39. The second-order valence-corrected chi connectivity index (χ2v) is 7.85.